The molecule has 0 heterocycles. The molecule has 0 saturated heterocycles. The van der Waals surface area contributed by atoms with Crippen LogP contribution in [0.25, 0.3) is 0 Å². The third-order valence-corrected chi connectivity index (χ3v) is 3.99. The molecule has 126 valence electrons. The zero-order valence-corrected chi connectivity index (χ0v) is 14.8. The van der Waals surface area contributed by atoms with Gasteiger partial charge in [0.25, 0.3) is 0 Å². The number of hydrogen-bond donors (Lipinski definition) is 0. The van der Waals surface area contributed by atoms with Gasteiger partial charge in [-0.3, -0.25) is 4.79 Å². The maximum absolute atomic E-state index is 11.6. The fourth-order valence-electron chi connectivity index (χ4n) is 2.72. The van der Waals surface area contributed by atoms with Crippen molar-refractivity contribution >= 4 is 5.97 Å². The number of rotatable bonds is 15. The first-order valence-electron chi connectivity index (χ1n) is 9.44. The molecule has 1 unspecified atom stereocenters. The summed E-state index contributed by atoms with van der Waals surface area (Å²) in [5.41, 5.74) is 0. The Hall–Kier alpha value is -0.530. The summed E-state index contributed by atoms with van der Waals surface area (Å²) >= 11 is 0. The zero-order valence-electron chi connectivity index (χ0n) is 14.8. The summed E-state index contributed by atoms with van der Waals surface area (Å²) in [6.45, 7) is 6.45. The summed E-state index contributed by atoms with van der Waals surface area (Å²) in [7, 11) is 0. The first kappa shape index (κ1) is 20.5. The van der Waals surface area contributed by atoms with E-state index in [-0.39, 0.29) is 12.1 Å². The quantitative estimate of drug-likeness (QED) is 0.257. The Morgan fingerprint density at radius 3 is 1.81 bits per heavy atom. The Kier molecular flexibility index (Phi) is 15.5. The third-order valence-electron chi connectivity index (χ3n) is 3.99. The van der Waals surface area contributed by atoms with E-state index in [1.165, 1.54) is 57.8 Å². The lowest BCUT2D eigenvalue weighted by Gasteiger charge is -2.17. The van der Waals surface area contributed by atoms with Crippen molar-refractivity contribution in [1.82, 2.24) is 0 Å². The molecule has 0 N–H and O–H groups in total. The molecule has 0 aliphatic heterocycles. The smallest absolute Gasteiger partial charge is 0.306 e. The molecule has 0 radical (unpaired) electrons. The maximum Gasteiger partial charge on any atom is 0.306 e. The molecule has 0 rings (SSSR count). The Balaban J connectivity index is 3.53. The van der Waals surface area contributed by atoms with E-state index in [9.17, 15) is 4.79 Å². The summed E-state index contributed by atoms with van der Waals surface area (Å²) < 4.78 is 5.56. The van der Waals surface area contributed by atoms with Crippen molar-refractivity contribution in [3.63, 3.8) is 0 Å². The van der Waals surface area contributed by atoms with Gasteiger partial charge in [0.15, 0.2) is 0 Å². The van der Waals surface area contributed by atoms with Crippen molar-refractivity contribution in [2.45, 2.75) is 117 Å². The fourth-order valence-corrected chi connectivity index (χ4v) is 2.72. The highest BCUT2D eigenvalue weighted by Crippen LogP contribution is 2.15. The van der Waals surface area contributed by atoms with Gasteiger partial charge in [-0.15, -0.1) is 0 Å². The molecule has 0 aliphatic rings. The predicted molar refractivity (Wildman–Crippen MR) is 91.5 cm³/mol. The molecule has 0 bridgehead atoms. The lowest BCUT2D eigenvalue weighted by atomic mass is 10.0. The number of unbranched alkanes of at least 4 members (excludes halogenated alkanes) is 8. The third kappa shape index (κ3) is 14.2. The van der Waals surface area contributed by atoms with Gasteiger partial charge in [0, 0.05) is 6.42 Å². The van der Waals surface area contributed by atoms with Crippen LogP contribution in [0.2, 0.25) is 0 Å². The van der Waals surface area contributed by atoms with Crippen molar-refractivity contribution < 1.29 is 9.53 Å². The van der Waals surface area contributed by atoms with E-state index in [0.717, 1.165) is 25.7 Å². The van der Waals surface area contributed by atoms with Crippen LogP contribution >= 0.6 is 0 Å². The molecule has 2 heteroatoms. The Morgan fingerprint density at radius 2 is 1.29 bits per heavy atom. The molecule has 1 atom stereocenters. The van der Waals surface area contributed by atoms with Crippen molar-refractivity contribution in [1.29, 1.82) is 0 Å². The van der Waals surface area contributed by atoms with E-state index in [1.54, 1.807) is 0 Å². The van der Waals surface area contributed by atoms with E-state index >= 15 is 0 Å². The lowest BCUT2D eigenvalue weighted by Crippen LogP contribution is -2.17. The molecule has 0 aromatic carbocycles. The van der Waals surface area contributed by atoms with Crippen LogP contribution in [0.5, 0.6) is 0 Å². The minimum atomic E-state index is -0.00752. The largest absolute Gasteiger partial charge is 0.462 e. The number of ether oxygens (including phenoxy) is 1. The van der Waals surface area contributed by atoms with Crippen molar-refractivity contribution in [2.75, 3.05) is 0 Å². The van der Waals surface area contributed by atoms with Gasteiger partial charge in [0.2, 0.25) is 0 Å². The van der Waals surface area contributed by atoms with Gasteiger partial charge in [-0.25, -0.2) is 0 Å². The average Bonchev–Trinajstić information content (AvgIpc) is 2.46. The van der Waals surface area contributed by atoms with Crippen LogP contribution in [0.3, 0.4) is 0 Å². The van der Waals surface area contributed by atoms with Crippen molar-refractivity contribution in [3.8, 4) is 0 Å². The highest BCUT2D eigenvalue weighted by Gasteiger charge is 2.12. The monoisotopic (exact) mass is 298 g/mol. The summed E-state index contributed by atoms with van der Waals surface area (Å²) in [4.78, 5) is 11.6. The van der Waals surface area contributed by atoms with E-state index in [2.05, 4.69) is 13.8 Å². The molecule has 0 aliphatic carbocycles. The van der Waals surface area contributed by atoms with Gasteiger partial charge in [-0.05, 0) is 25.7 Å². The first-order chi connectivity index (χ1) is 10.2. The standard InChI is InChI=1S/C19H38O2/c1-4-7-8-9-10-11-12-13-14-17-18(15-5-2)21-19(20)16-6-3/h18H,4-17H2,1-3H3. The molecular formula is C19H38O2. The van der Waals surface area contributed by atoms with Gasteiger partial charge in [-0.1, -0.05) is 78.6 Å². The fraction of sp³-hybridized carbons (Fsp3) is 0.947. The molecule has 21 heavy (non-hydrogen) atoms. The summed E-state index contributed by atoms with van der Waals surface area (Å²) in [5.74, 6) is -0.00752. The van der Waals surface area contributed by atoms with Gasteiger partial charge >= 0.3 is 5.97 Å². The normalized spacial score (nSPS) is 12.3. The number of carbonyl (C=O) groups excluding carboxylic acids is 1. The minimum Gasteiger partial charge on any atom is -0.462 e. The number of esters is 1. The van der Waals surface area contributed by atoms with Crippen LogP contribution in [0.15, 0.2) is 0 Å². The molecule has 2 nitrogen and oxygen atoms in total. The second kappa shape index (κ2) is 15.9. The average molecular weight is 299 g/mol. The van der Waals surface area contributed by atoms with E-state index in [1.807, 2.05) is 6.92 Å². The molecular weight excluding hydrogens is 260 g/mol. The zero-order chi connectivity index (χ0) is 15.8. The first-order valence-corrected chi connectivity index (χ1v) is 9.44. The van der Waals surface area contributed by atoms with E-state index in [4.69, 9.17) is 4.74 Å². The van der Waals surface area contributed by atoms with Crippen molar-refractivity contribution in [3.05, 3.63) is 0 Å². The van der Waals surface area contributed by atoms with Crippen LogP contribution in [0, 0.1) is 0 Å². The predicted octanol–water partition coefficient (Wildman–Crippen LogP) is 6.42. The number of carbonyl (C=O) groups is 1. The second-order valence-electron chi connectivity index (χ2n) is 6.27. The van der Waals surface area contributed by atoms with E-state index in [0.29, 0.717) is 6.42 Å². The van der Waals surface area contributed by atoms with Crippen LogP contribution in [0.4, 0.5) is 0 Å². The topological polar surface area (TPSA) is 26.3 Å². The summed E-state index contributed by atoms with van der Waals surface area (Å²) in [6, 6.07) is 0. The van der Waals surface area contributed by atoms with Gasteiger partial charge < -0.3 is 4.74 Å². The van der Waals surface area contributed by atoms with Crippen molar-refractivity contribution in [2.24, 2.45) is 0 Å². The highest BCUT2D eigenvalue weighted by atomic mass is 16.5. The molecule has 0 fully saturated rings. The Bertz CT molecular complexity index is 226. The SMILES string of the molecule is CCCCCCCCCCCC(CCC)OC(=O)CCC. The van der Waals surface area contributed by atoms with E-state index < -0.39 is 0 Å². The maximum atomic E-state index is 11.6. The molecule has 0 aromatic rings. The lowest BCUT2D eigenvalue weighted by molar-refractivity contribution is -0.149. The van der Waals surface area contributed by atoms with Crippen LogP contribution in [0.1, 0.15) is 111 Å². The van der Waals surface area contributed by atoms with Gasteiger partial charge in [0.05, 0.1) is 0 Å². The second-order valence-corrected chi connectivity index (χ2v) is 6.27. The number of hydrogen-bond acceptors (Lipinski definition) is 2. The molecule has 0 spiro atoms. The molecule has 0 amide bonds. The molecule has 0 saturated carbocycles. The summed E-state index contributed by atoms with van der Waals surface area (Å²) in [6.07, 6.45) is 16.9. The summed E-state index contributed by atoms with van der Waals surface area (Å²) in [5, 5.41) is 0. The highest BCUT2D eigenvalue weighted by molar-refractivity contribution is 5.69. The Labute approximate surface area is 133 Å². The van der Waals surface area contributed by atoms with Gasteiger partial charge in [-0.2, -0.15) is 0 Å². The van der Waals surface area contributed by atoms with Crippen LogP contribution in [-0.4, -0.2) is 12.1 Å². The Morgan fingerprint density at radius 1 is 0.714 bits per heavy atom. The van der Waals surface area contributed by atoms with Crippen LogP contribution in [-0.2, 0) is 9.53 Å². The van der Waals surface area contributed by atoms with Crippen LogP contribution < -0.4 is 0 Å². The molecule has 0 aromatic heterocycles. The van der Waals surface area contributed by atoms with Gasteiger partial charge in [0.1, 0.15) is 6.10 Å². The minimum absolute atomic E-state index is 0.00752.